The minimum Gasteiger partial charge on any atom is -0.477 e. The van der Waals surface area contributed by atoms with Crippen LogP contribution in [0.3, 0.4) is 0 Å². The molecule has 0 aromatic heterocycles. The summed E-state index contributed by atoms with van der Waals surface area (Å²) in [6.45, 7) is 4.42. The first-order chi connectivity index (χ1) is 11.5. The lowest BCUT2D eigenvalue weighted by Gasteiger charge is -2.28. The molecule has 0 spiro atoms. The van der Waals surface area contributed by atoms with Crippen molar-refractivity contribution >= 4 is 11.9 Å². The van der Waals surface area contributed by atoms with E-state index in [2.05, 4.69) is 6.92 Å². The molecule has 4 heteroatoms. The maximum absolute atomic E-state index is 12.1. The first-order valence-corrected chi connectivity index (χ1v) is 9.02. The second-order valence-electron chi connectivity index (χ2n) is 6.39. The maximum atomic E-state index is 12.1. The van der Waals surface area contributed by atoms with Crippen LogP contribution in [0.15, 0.2) is 36.0 Å². The summed E-state index contributed by atoms with van der Waals surface area (Å²) in [4.78, 5) is 23.7. The fourth-order valence-corrected chi connectivity index (χ4v) is 2.81. The highest BCUT2D eigenvalue weighted by Gasteiger charge is 2.29. The van der Waals surface area contributed by atoms with Gasteiger partial charge in [-0.25, -0.2) is 9.59 Å². The largest absolute Gasteiger partial charge is 0.477 e. The molecule has 1 N–H and O–H groups in total. The molecule has 0 amide bonds. The van der Waals surface area contributed by atoms with E-state index in [4.69, 9.17) is 4.74 Å². The van der Waals surface area contributed by atoms with Crippen LogP contribution in [0.1, 0.15) is 65.2 Å². The Balaban J connectivity index is 2.90. The van der Waals surface area contributed by atoms with Gasteiger partial charge in [0.25, 0.3) is 0 Å². The Hall–Kier alpha value is -1.84. The number of hydrogen-bond donors (Lipinski definition) is 1. The van der Waals surface area contributed by atoms with Gasteiger partial charge < -0.3 is 9.84 Å². The van der Waals surface area contributed by atoms with Gasteiger partial charge in [-0.3, -0.25) is 0 Å². The molecule has 134 valence electrons. The molecular weight excluding hydrogens is 304 g/mol. The molecule has 1 rings (SSSR count). The van der Waals surface area contributed by atoms with Gasteiger partial charge in [-0.15, -0.1) is 0 Å². The SMILES string of the molecule is CCCCCCC1(C=C(C(=O)O)C(=O)OCCCC)C=CC=CC1. The summed E-state index contributed by atoms with van der Waals surface area (Å²) in [7, 11) is 0. The van der Waals surface area contributed by atoms with Crippen molar-refractivity contribution in [3.05, 3.63) is 36.0 Å². The molecule has 0 fully saturated rings. The molecule has 1 aliphatic rings. The van der Waals surface area contributed by atoms with Crippen molar-refractivity contribution in [3.63, 3.8) is 0 Å². The molecule has 24 heavy (non-hydrogen) atoms. The lowest BCUT2D eigenvalue weighted by molar-refractivity contribution is -0.144. The average Bonchev–Trinajstić information content (AvgIpc) is 2.57. The van der Waals surface area contributed by atoms with Gasteiger partial charge in [-0.2, -0.15) is 0 Å². The maximum Gasteiger partial charge on any atom is 0.345 e. The number of aliphatic carboxylic acids is 1. The molecule has 1 aliphatic carbocycles. The third-order valence-corrected chi connectivity index (χ3v) is 4.28. The van der Waals surface area contributed by atoms with Crippen LogP contribution in [-0.2, 0) is 14.3 Å². The van der Waals surface area contributed by atoms with Gasteiger partial charge in [0.05, 0.1) is 6.61 Å². The Bertz CT molecular complexity index is 502. The summed E-state index contributed by atoms with van der Waals surface area (Å²) < 4.78 is 5.11. The van der Waals surface area contributed by atoms with E-state index < -0.39 is 17.4 Å². The van der Waals surface area contributed by atoms with Crippen LogP contribution in [0.5, 0.6) is 0 Å². The minimum atomic E-state index is -1.22. The molecule has 0 aromatic rings. The number of carbonyl (C=O) groups excluding carboxylic acids is 1. The van der Waals surface area contributed by atoms with Crippen LogP contribution in [-0.4, -0.2) is 23.7 Å². The minimum absolute atomic E-state index is 0.249. The van der Waals surface area contributed by atoms with Crippen LogP contribution in [0, 0.1) is 5.41 Å². The molecular formula is C20H30O4. The summed E-state index contributed by atoms with van der Waals surface area (Å²) in [6.07, 6.45) is 17.2. The predicted octanol–water partition coefficient (Wildman–Crippen LogP) is 4.81. The molecule has 0 aromatic carbocycles. The van der Waals surface area contributed by atoms with E-state index in [0.29, 0.717) is 6.42 Å². The van der Waals surface area contributed by atoms with Gasteiger partial charge in [0.2, 0.25) is 0 Å². The number of carboxylic acids is 1. The van der Waals surface area contributed by atoms with E-state index >= 15 is 0 Å². The van der Waals surface area contributed by atoms with E-state index in [9.17, 15) is 14.7 Å². The first-order valence-electron chi connectivity index (χ1n) is 9.02. The number of rotatable bonds is 11. The van der Waals surface area contributed by atoms with Crippen LogP contribution in [0.25, 0.3) is 0 Å². The van der Waals surface area contributed by atoms with Gasteiger partial charge in [-0.1, -0.05) is 76.3 Å². The number of esters is 1. The summed E-state index contributed by atoms with van der Waals surface area (Å²) in [6, 6.07) is 0. The number of allylic oxidation sites excluding steroid dienone is 5. The first kappa shape index (κ1) is 20.2. The van der Waals surface area contributed by atoms with E-state index in [-0.39, 0.29) is 12.2 Å². The molecule has 0 radical (unpaired) electrons. The zero-order valence-corrected chi connectivity index (χ0v) is 14.9. The molecule has 4 nitrogen and oxygen atoms in total. The van der Waals surface area contributed by atoms with E-state index in [0.717, 1.165) is 38.5 Å². The van der Waals surface area contributed by atoms with Crippen LogP contribution >= 0.6 is 0 Å². The zero-order valence-electron chi connectivity index (χ0n) is 14.9. The highest BCUT2D eigenvalue weighted by atomic mass is 16.5. The Morgan fingerprint density at radius 3 is 2.46 bits per heavy atom. The molecule has 1 unspecified atom stereocenters. The van der Waals surface area contributed by atoms with Gasteiger partial charge >= 0.3 is 11.9 Å². The second kappa shape index (κ2) is 10.8. The molecule has 0 saturated carbocycles. The average molecular weight is 334 g/mol. The molecule has 0 bridgehead atoms. The van der Waals surface area contributed by atoms with E-state index in [1.807, 2.05) is 31.2 Å². The Labute approximate surface area is 145 Å². The van der Waals surface area contributed by atoms with Gasteiger partial charge in [-0.05, 0) is 19.3 Å². The van der Waals surface area contributed by atoms with E-state index in [1.165, 1.54) is 6.42 Å². The normalized spacial score (nSPS) is 20.2. The van der Waals surface area contributed by atoms with Crippen LogP contribution < -0.4 is 0 Å². The highest BCUT2D eigenvalue weighted by Crippen LogP contribution is 2.36. The van der Waals surface area contributed by atoms with Gasteiger partial charge in [0.15, 0.2) is 0 Å². The van der Waals surface area contributed by atoms with Crippen molar-refractivity contribution in [1.29, 1.82) is 0 Å². The second-order valence-corrected chi connectivity index (χ2v) is 6.39. The lowest BCUT2D eigenvalue weighted by Crippen LogP contribution is -2.23. The number of unbranched alkanes of at least 4 members (excludes halogenated alkanes) is 4. The fourth-order valence-electron chi connectivity index (χ4n) is 2.81. The van der Waals surface area contributed by atoms with Crippen molar-refractivity contribution < 1.29 is 19.4 Å². The Morgan fingerprint density at radius 2 is 1.88 bits per heavy atom. The van der Waals surface area contributed by atoms with Gasteiger partial charge in [0, 0.05) is 5.41 Å². The summed E-state index contributed by atoms with van der Waals surface area (Å²) in [5.74, 6) is -1.95. The standard InChI is InChI=1S/C20H30O4/c1-3-5-7-9-12-20(13-10-8-11-14-20)16-17(18(21)22)19(23)24-15-6-4-2/h8,10-11,13,16H,3-7,9,12,14-15H2,1-2H3,(H,21,22). The summed E-state index contributed by atoms with van der Waals surface area (Å²) in [5.41, 5.74) is -0.651. The van der Waals surface area contributed by atoms with Crippen molar-refractivity contribution in [2.24, 2.45) is 5.41 Å². The van der Waals surface area contributed by atoms with Crippen molar-refractivity contribution in [3.8, 4) is 0 Å². The predicted molar refractivity (Wildman–Crippen MR) is 95.7 cm³/mol. The summed E-state index contributed by atoms with van der Waals surface area (Å²) >= 11 is 0. The Morgan fingerprint density at radius 1 is 1.12 bits per heavy atom. The number of hydrogen-bond acceptors (Lipinski definition) is 3. The number of carbonyl (C=O) groups is 2. The number of carboxylic acid groups (broad SMARTS) is 1. The third-order valence-electron chi connectivity index (χ3n) is 4.28. The third kappa shape index (κ3) is 6.73. The summed E-state index contributed by atoms with van der Waals surface area (Å²) in [5, 5.41) is 9.44. The van der Waals surface area contributed by atoms with Gasteiger partial charge in [0.1, 0.15) is 5.57 Å². The van der Waals surface area contributed by atoms with E-state index in [1.54, 1.807) is 6.08 Å². The van der Waals surface area contributed by atoms with Crippen molar-refractivity contribution in [2.45, 2.75) is 65.2 Å². The van der Waals surface area contributed by atoms with Crippen molar-refractivity contribution in [2.75, 3.05) is 6.61 Å². The zero-order chi connectivity index (χ0) is 17.8. The smallest absolute Gasteiger partial charge is 0.345 e. The topological polar surface area (TPSA) is 63.6 Å². The quantitative estimate of drug-likeness (QED) is 0.193. The highest BCUT2D eigenvalue weighted by molar-refractivity contribution is 6.13. The monoisotopic (exact) mass is 334 g/mol. The van der Waals surface area contributed by atoms with Crippen molar-refractivity contribution in [1.82, 2.24) is 0 Å². The fraction of sp³-hybridized carbons (Fsp3) is 0.600. The lowest BCUT2D eigenvalue weighted by atomic mass is 9.76. The molecule has 0 aliphatic heterocycles. The van der Waals surface area contributed by atoms with Crippen LogP contribution in [0.4, 0.5) is 0 Å². The Kier molecular flexibility index (Phi) is 9.13. The molecule has 0 saturated heterocycles. The molecule has 0 heterocycles. The molecule has 1 atom stereocenters. The number of ether oxygens (including phenoxy) is 1. The van der Waals surface area contributed by atoms with Crippen LogP contribution in [0.2, 0.25) is 0 Å².